The van der Waals surface area contributed by atoms with Crippen LogP contribution in [0, 0.1) is 5.41 Å². The van der Waals surface area contributed by atoms with Crippen molar-refractivity contribution in [3.05, 3.63) is 0 Å². The number of morpholine rings is 1. The highest BCUT2D eigenvalue weighted by atomic mass is 16.5. The molecule has 1 unspecified atom stereocenters. The van der Waals surface area contributed by atoms with Crippen molar-refractivity contribution in [2.75, 3.05) is 26.2 Å². The van der Waals surface area contributed by atoms with Gasteiger partial charge < -0.3 is 10.5 Å². The van der Waals surface area contributed by atoms with E-state index in [2.05, 4.69) is 18.7 Å². The molecule has 2 N–H and O–H groups in total. The van der Waals surface area contributed by atoms with Gasteiger partial charge in [-0.25, -0.2) is 0 Å². The van der Waals surface area contributed by atoms with Gasteiger partial charge in [0.15, 0.2) is 0 Å². The first-order valence-electron chi connectivity index (χ1n) is 6.66. The van der Waals surface area contributed by atoms with E-state index >= 15 is 0 Å². The molecule has 0 aromatic heterocycles. The van der Waals surface area contributed by atoms with E-state index in [1.807, 2.05) is 0 Å². The van der Waals surface area contributed by atoms with Gasteiger partial charge in [-0.05, 0) is 31.1 Å². The second-order valence-electron chi connectivity index (χ2n) is 6.12. The summed E-state index contributed by atoms with van der Waals surface area (Å²) in [5.74, 6) is 0. The molecule has 2 fully saturated rings. The lowest BCUT2D eigenvalue weighted by molar-refractivity contribution is -0.0482. The molecule has 94 valence electrons. The fourth-order valence-corrected chi connectivity index (χ4v) is 2.97. The molecule has 3 nitrogen and oxygen atoms in total. The highest BCUT2D eigenvalue weighted by Gasteiger charge is 2.32. The van der Waals surface area contributed by atoms with Gasteiger partial charge in [-0.2, -0.15) is 0 Å². The third kappa shape index (κ3) is 2.96. The maximum atomic E-state index is 5.69. The molecule has 2 aliphatic rings. The van der Waals surface area contributed by atoms with Crippen molar-refractivity contribution in [2.45, 2.75) is 51.7 Å². The van der Waals surface area contributed by atoms with Gasteiger partial charge in [-0.15, -0.1) is 0 Å². The minimum atomic E-state index is 0.267. The highest BCUT2D eigenvalue weighted by Crippen LogP contribution is 2.37. The first kappa shape index (κ1) is 12.3. The van der Waals surface area contributed by atoms with Crippen LogP contribution in [0.1, 0.15) is 39.5 Å². The van der Waals surface area contributed by atoms with E-state index in [9.17, 15) is 0 Å². The molecule has 0 radical (unpaired) electrons. The average Bonchev–Trinajstić information content (AvgIpc) is 2.29. The van der Waals surface area contributed by atoms with E-state index in [1.54, 1.807) is 0 Å². The molecule has 1 saturated heterocycles. The van der Waals surface area contributed by atoms with Crippen molar-refractivity contribution >= 4 is 0 Å². The molecule has 16 heavy (non-hydrogen) atoms. The van der Waals surface area contributed by atoms with Gasteiger partial charge in [0.1, 0.15) is 0 Å². The Kier molecular flexibility index (Phi) is 3.88. The maximum Gasteiger partial charge on any atom is 0.0824 e. The van der Waals surface area contributed by atoms with Gasteiger partial charge in [0, 0.05) is 25.7 Å². The summed E-state index contributed by atoms with van der Waals surface area (Å²) in [7, 11) is 0. The second kappa shape index (κ2) is 5.03. The molecule has 0 spiro atoms. The van der Waals surface area contributed by atoms with Crippen molar-refractivity contribution in [1.29, 1.82) is 0 Å². The standard InChI is InChI=1S/C13H26N2O/c1-13(2)5-3-11(4-6-13)15-7-8-16-12(9-14)10-15/h11-12H,3-10,14H2,1-2H3. The Morgan fingerprint density at radius 2 is 2.00 bits per heavy atom. The summed E-state index contributed by atoms with van der Waals surface area (Å²) in [5.41, 5.74) is 6.25. The Morgan fingerprint density at radius 3 is 2.62 bits per heavy atom. The van der Waals surface area contributed by atoms with Crippen molar-refractivity contribution in [3.8, 4) is 0 Å². The number of nitrogens with zero attached hydrogens (tertiary/aromatic N) is 1. The van der Waals surface area contributed by atoms with Gasteiger partial charge in [-0.3, -0.25) is 4.90 Å². The number of rotatable bonds is 2. The van der Waals surface area contributed by atoms with Crippen LogP contribution in [0.5, 0.6) is 0 Å². The van der Waals surface area contributed by atoms with Gasteiger partial charge in [0.05, 0.1) is 12.7 Å². The average molecular weight is 226 g/mol. The van der Waals surface area contributed by atoms with Gasteiger partial charge in [0.2, 0.25) is 0 Å². The zero-order valence-electron chi connectivity index (χ0n) is 10.7. The Labute approximate surface area is 99.3 Å². The van der Waals surface area contributed by atoms with Gasteiger partial charge >= 0.3 is 0 Å². The number of ether oxygens (including phenoxy) is 1. The largest absolute Gasteiger partial charge is 0.374 e. The summed E-state index contributed by atoms with van der Waals surface area (Å²) in [4.78, 5) is 2.61. The fraction of sp³-hybridized carbons (Fsp3) is 1.00. The minimum absolute atomic E-state index is 0.267. The van der Waals surface area contributed by atoms with Crippen LogP contribution in [0.25, 0.3) is 0 Å². The first-order chi connectivity index (χ1) is 7.61. The third-order valence-electron chi connectivity index (χ3n) is 4.26. The van der Waals surface area contributed by atoms with E-state index in [0.717, 1.165) is 25.7 Å². The lowest BCUT2D eigenvalue weighted by Crippen LogP contribution is -2.51. The van der Waals surface area contributed by atoms with Crippen molar-refractivity contribution in [1.82, 2.24) is 4.90 Å². The molecule has 2 rings (SSSR count). The molecule has 1 saturated carbocycles. The molecule has 1 heterocycles. The van der Waals surface area contributed by atoms with Crippen molar-refractivity contribution in [3.63, 3.8) is 0 Å². The number of hydrogen-bond donors (Lipinski definition) is 1. The zero-order valence-corrected chi connectivity index (χ0v) is 10.7. The molecular weight excluding hydrogens is 200 g/mol. The van der Waals surface area contributed by atoms with Crippen LogP contribution in [0.3, 0.4) is 0 Å². The van der Waals surface area contributed by atoms with Crippen LogP contribution >= 0.6 is 0 Å². The molecule has 1 aliphatic heterocycles. The minimum Gasteiger partial charge on any atom is -0.374 e. The smallest absolute Gasteiger partial charge is 0.0824 e. The zero-order chi connectivity index (χ0) is 11.6. The van der Waals surface area contributed by atoms with E-state index in [4.69, 9.17) is 10.5 Å². The molecular formula is C13H26N2O. The quantitative estimate of drug-likeness (QED) is 0.777. The summed E-state index contributed by atoms with van der Waals surface area (Å²) in [5, 5.41) is 0. The number of hydrogen-bond acceptors (Lipinski definition) is 3. The summed E-state index contributed by atoms with van der Waals surface area (Å²) in [6.07, 6.45) is 5.70. The lowest BCUT2D eigenvalue weighted by Gasteiger charge is -2.43. The summed E-state index contributed by atoms with van der Waals surface area (Å²) in [6, 6.07) is 0.783. The van der Waals surface area contributed by atoms with E-state index < -0.39 is 0 Å². The van der Waals surface area contributed by atoms with E-state index in [1.165, 1.54) is 25.7 Å². The molecule has 3 heteroatoms. The molecule has 1 atom stereocenters. The van der Waals surface area contributed by atoms with Crippen LogP contribution in [-0.2, 0) is 4.74 Å². The lowest BCUT2D eigenvalue weighted by atomic mass is 9.75. The summed E-state index contributed by atoms with van der Waals surface area (Å²) >= 11 is 0. The Hall–Kier alpha value is -0.120. The number of nitrogens with two attached hydrogens (primary N) is 1. The van der Waals surface area contributed by atoms with Crippen LogP contribution < -0.4 is 5.73 Å². The van der Waals surface area contributed by atoms with Crippen LogP contribution in [0.15, 0.2) is 0 Å². The normalized spacial score (nSPS) is 32.8. The Balaban J connectivity index is 1.84. The first-order valence-corrected chi connectivity index (χ1v) is 6.66. The monoisotopic (exact) mass is 226 g/mol. The molecule has 0 aromatic rings. The summed E-state index contributed by atoms with van der Waals surface area (Å²) in [6.45, 7) is 8.45. The van der Waals surface area contributed by atoms with Gasteiger partial charge in [-0.1, -0.05) is 13.8 Å². The van der Waals surface area contributed by atoms with E-state index in [0.29, 0.717) is 12.0 Å². The Bertz CT molecular complexity index is 220. The van der Waals surface area contributed by atoms with Crippen molar-refractivity contribution in [2.24, 2.45) is 11.1 Å². The van der Waals surface area contributed by atoms with Crippen LogP contribution in [0.4, 0.5) is 0 Å². The highest BCUT2D eigenvalue weighted by molar-refractivity contribution is 4.86. The van der Waals surface area contributed by atoms with Crippen LogP contribution in [-0.4, -0.2) is 43.3 Å². The molecule has 0 amide bonds. The maximum absolute atomic E-state index is 5.69. The SMILES string of the molecule is CC1(C)CCC(N2CCOC(CN)C2)CC1. The molecule has 0 aromatic carbocycles. The summed E-state index contributed by atoms with van der Waals surface area (Å²) < 4.78 is 5.62. The predicted molar refractivity (Wildman–Crippen MR) is 66.4 cm³/mol. The van der Waals surface area contributed by atoms with Crippen molar-refractivity contribution < 1.29 is 4.74 Å². The topological polar surface area (TPSA) is 38.5 Å². The van der Waals surface area contributed by atoms with Gasteiger partial charge in [0.25, 0.3) is 0 Å². The van der Waals surface area contributed by atoms with Crippen LogP contribution in [0.2, 0.25) is 0 Å². The molecule has 0 bridgehead atoms. The fourth-order valence-electron chi connectivity index (χ4n) is 2.97. The third-order valence-corrected chi connectivity index (χ3v) is 4.26. The van der Waals surface area contributed by atoms with E-state index in [-0.39, 0.29) is 6.10 Å². The molecule has 1 aliphatic carbocycles. The Morgan fingerprint density at radius 1 is 1.31 bits per heavy atom. The second-order valence-corrected chi connectivity index (χ2v) is 6.12. The predicted octanol–water partition coefficient (Wildman–Crippen LogP) is 1.61.